The van der Waals surface area contributed by atoms with Crippen LogP contribution in [0.5, 0.6) is 5.75 Å². The number of carboxylic acid groups (broad SMARTS) is 1. The number of esters is 1. The third-order valence-corrected chi connectivity index (χ3v) is 4.78. The highest BCUT2D eigenvalue weighted by Crippen LogP contribution is 2.32. The van der Waals surface area contributed by atoms with E-state index in [1.165, 1.54) is 0 Å². The number of aryl methyl sites for hydroxylation is 1. The molecule has 0 heterocycles. The summed E-state index contributed by atoms with van der Waals surface area (Å²) in [5.74, 6) is -1.53. The maximum atomic E-state index is 12.5. The molecule has 0 atom stereocenters. The van der Waals surface area contributed by atoms with Gasteiger partial charge >= 0.3 is 11.9 Å². The van der Waals surface area contributed by atoms with Crippen molar-refractivity contribution >= 4 is 23.5 Å². The molecular weight excluding hydrogens is 340 g/mol. The third kappa shape index (κ3) is 3.85. The summed E-state index contributed by atoms with van der Waals surface area (Å²) in [6.07, 6.45) is 0.356. The van der Waals surface area contributed by atoms with Crippen molar-refractivity contribution < 1.29 is 19.4 Å². The van der Waals surface area contributed by atoms with Crippen LogP contribution in [-0.2, 0) is 9.59 Å². The van der Waals surface area contributed by atoms with Gasteiger partial charge in [-0.2, -0.15) is 0 Å². The summed E-state index contributed by atoms with van der Waals surface area (Å²) in [7, 11) is 0. The summed E-state index contributed by atoms with van der Waals surface area (Å²) in [6, 6.07) is 12.8. The lowest BCUT2D eigenvalue weighted by Gasteiger charge is -2.24. The molecule has 0 aliphatic heterocycles. The summed E-state index contributed by atoms with van der Waals surface area (Å²) < 4.78 is 5.42. The number of hydrogen-bond acceptors (Lipinski definition) is 3. The molecule has 132 valence electrons. The summed E-state index contributed by atoms with van der Waals surface area (Å²) >= 11 is 6.02. The molecule has 2 aromatic carbocycles. The van der Waals surface area contributed by atoms with Gasteiger partial charge in [0.15, 0.2) is 5.41 Å². The smallest absolute Gasteiger partial charge is 0.328 e. The highest BCUT2D eigenvalue weighted by molar-refractivity contribution is 6.30. The van der Waals surface area contributed by atoms with E-state index in [4.69, 9.17) is 16.3 Å². The van der Waals surface area contributed by atoms with Crippen LogP contribution in [0.3, 0.4) is 0 Å². The summed E-state index contributed by atoms with van der Waals surface area (Å²) in [4.78, 5) is 24.0. The van der Waals surface area contributed by atoms with E-state index in [0.717, 1.165) is 16.7 Å². The molecule has 25 heavy (non-hydrogen) atoms. The number of carboxylic acids is 1. The Morgan fingerprint density at radius 1 is 1.08 bits per heavy atom. The van der Waals surface area contributed by atoms with Gasteiger partial charge in [0, 0.05) is 5.02 Å². The first-order valence-corrected chi connectivity index (χ1v) is 8.54. The van der Waals surface area contributed by atoms with Crippen molar-refractivity contribution in [2.75, 3.05) is 0 Å². The van der Waals surface area contributed by atoms with Crippen LogP contribution < -0.4 is 4.74 Å². The van der Waals surface area contributed by atoms with Gasteiger partial charge in [-0.3, -0.25) is 9.59 Å². The molecule has 0 amide bonds. The fourth-order valence-electron chi connectivity index (χ4n) is 2.74. The highest BCUT2D eigenvalue weighted by Gasteiger charge is 2.44. The van der Waals surface area contributed by atoms with Crippen molar-refractivity contribution in [2.24, 2.45) is 5.41 Å². The Kier molecular flexibility index (Phi) is 5.85. The Labute approximate surface area is 152 Å². The zero-order valence-electron chi connectivity index (χ0n) is 14.5. The molecule has 0 aliphatic carbocycles. The van der Waals surface area contributed by atoms with Gasteiger partial charge in [0.25, 0.3) is 0 Å². The van der Waals surface area contributed by atoms with Crippen molar-refractivity contribution in [2.45, 2.75) is 33.6 Å². The van der Waals surface area contributed by atoms with E-state index in [1.54, 1.807) is 26.0 Å². The Hall–Kier alpha value is -2.33. The molecule has 0 fully saturated rings. The molecule has 5 heteroatoms. The van der Waals surface area contributed by atoms with Crippen LogP contribution in [0.4, 0.5) is 0 Å². The van der Waals surface area contributed by atoms with Gasteiger partial charge in [0.05, 0.1) is 0 Å². The Morgan fingerprint density at radius 2 is 1.72 bits per heavy atom. The maximum absolute atomic E-state index is 12.5. The monoisotopic (exact) mass is 360 g/mol. The first kappa shape index (κ1) is 19.0. The Morgan fingerprint density at radius 3 is 2.24 bits per heavy atom. The lowest BCUT2D eigenvalue weighted by molar-refractivity contribution is -0.163. The second-order valence-electron chi connectivity index (χ2n) is 5.97. The number of rotatable bonds is 6. The molecule has 2 aromatic rings. The van der Waals surface area contributed by atoms with E-state index >= 15 is 0 Å². The van der Waals surface area contributed by atoms with Crippen LogP contribution in [-0.4, -0.2) is 17.0 Å². The summed E-state index contributed by atoms with van der Waals surface area (Å²) in [5.41, 5.74) is 1.13. The van der Waals surface area contributed by atoms with Crippen LogP contribution in [0.2, 0.25) is 5.02 Å². The number of ether oxygens (including phenoxy) is 1. The van der Waals surface area contributed by atoms with Crippen molar-refractivity contribution in [3.63, 3.8) is 0 Å². The molecule has 4 nitrogen and oxygen atoms in total. The van der Waals surface area contributed by atoms with E-state index in [0.29, 0.717) is 10.8 Å². The van der Waals surface area contributed by atoms with Crippen LogP contribution in [0.1, 0.15) is 32.3 Å². The predicted octanol–water partition coefficient (Wildman–Crippen LogP) is 5.11. The molecule has 0 bridgehead atoms. The molecule has 0 aliphatic rings. The molecule has 1 N–H and O–H groups in total. The average Bonchev–Trinajstić information content (AvgIpc) is 2.58. The topological polar surface area (TPSA) is 63.6 Å². The standard InChI is InChI=1S/C20H21ClO4/c1-4-20(5-2,18(22)23)19(24)25-17-10-9-15(11-13(17)3)14-7-6-8-16(21)12-14/h6-12H,4-5H2,1-3H3,(H,22,23). The van der Waals surface area contributed by atoms with Crippen LogP contribution in [0.25, 0.3) is 11.1 Å². The van der Waals surface area contributed by atoms with Crippen molar-refractivity contribution in [1.82, 2.24) is 0 Å². The second-order valence-corrected chi connectivity index (χ2v) is 6.41. The Bertz CT molecular complexity index is 794. The zero-order valence-corrected chi connectivity index (χ0v) is 15.3. The first-order valence-electron chi connectivity index (χ1n) is 8.16. The average molecular weight is 361 g/mol. The van der Waals surface area contributed by atoms with Gasteiger partial charge < -0.3 is 9.84 Å². The van der Waals surface area contributed by atoms with Crippen molar-refractivity contribution in [3.8, 4) is 16.9 Å². The Balaban J connectivity index is 2.30. The second kappa shape index (κ2) is 7.70. The number of benzene rings is 2. The molecule has 0 saturated heterocycles. The maximum Gasteiger partial charge on any atom is 0.328 e. The molecule has 0 aromatic heterocycles. The largest absolute Gasteiger partial charge is 0.480 e. The molecule has 0 saturated carbocycles. The molecule has 0 unspecified atom stereocenters. The number of carbonyl (C=O) groups is 2. The third-order valence-electron chi connectivity index (χ3n) is 4.54. The van der Waals surface area contributed by atoms with Gasteiger partial charge in [0.2, 0.25) is 0 Å². The molecular formula is C20H21ClO4. The minimum atomic E-state index is -1.52. The number of hydrogen-bond donors (Lipinski definition) is 1. The molecule has 0 spiro atoms. The van der Waals surface area contributed by atoms with Crippen LogP contribution >= 0.6 is 11.6 Å². The summed E-state index contributed by atoms with van der Waals surface area (Å²) in [6.45, 7) is 5.17. The van der Waals surface area contributed by atoms with Gasteiger partial charge in [-0.1, -0.05) is 43.6 Å². The van der Waals surface area contributed by atoms with E-state index in [1.807, 2.05) is 37.3 Å². The van der Waals surface area contributed by atoms with E-state index in [9.17, 15) is 14.7 Å². The van der Waals surface area contributed by atoms with Crippen LogP contribution in [0, 0.1) is 12.3 Å². The number of aliphatic carboxylic acids is 1. The highest BCUT2D eigenvalue weighted by atomic mass is 35.5. The first-order chi connectivity index (χ1) is 11.8. The van der Waals surface area contributed by atoms with Gasteiger partial charge in [-0.25, -0.2) is 0 Å². The quantitative estimate of drug-likeness (QED) is 0.441. The van der Waals surface area contributed by atoms with E-state index < -0.39 is 17.4 Å². The minimum Gasteiger partial charge on any atom is -0.480 e. The predicted molar refractivity (Wildman–Crippen MR) is 97.9 cm³/mol. The van der Waals surface area contributed by atoms with Gasteiger partial charge in [-0.15, -0.1) is 0 Å². The van der Waals surface area contributed by atoms with Gasteiger partial charge in [0.1, 0.15) is 5.75 Å². The number of carbonyl (C=O) groups excluding carboxylic acids is 1. The molecule has 0 radical (unpaired) electrons. The van der Waals surface area contributed by atoms with E-state index in [-0.39, 0.29) is 12.8 Å². The van der Waals surface area contributed by atoms with Crippen molar-refractivity contribution in [1.29, 1.82) is 0 Å². The number of halogens is 1. The summed E-state index contributed by atoms with van der Waals surface area (Å²) in [5, 5.41) is 10.1. The zero-order chi connectivity index (χ0) is 18.6. The van der Waals surface area contributed by atoms with E-state index in [2.05, 4.69) is 0 Å². The molecule has 2 rings (SSSR count). The normalized spacial score (nSPS) is 11.2. The fourth-order valence-corrected chi connectivity index (χ4v) is 2.93. The lowest BCUT2D eigenvalue weighted by Crippen LogP contribution is -2.41. The fraction of sp³-hybridized carbons (Fsp3) is 0.300. The van der Waals surface area contributed by atoms with Crippen LogP contribution in [0.15, 0.2) is 42.5 Å². The lowest BCUT2D eigenvalue weighted by atomic mass is 9.82. The van der Waals surface area contributed by atoms with Crippen molar-refractivity contribution in [3.05, 3.63) is 53.1 Å². The minimum absolute atomic E-state index is 0.178. The van der Waals surface area contributed by atoms with Gasteiger partial charge in [-0.05, 0) is 60.7 Å². The SMILES string of the molecule is CCC(CC)(C(=O)O)C(=O)Oc1ccc(-c2cccc(Cl)c2)cc1C.